The van der Waals surface area contributed by atoms with Crippen LogP contribution < -0.4 is 10.2 Å². The fraction of sp³-hybridized carbons (Fsp3) is 0.364. The van der Waals surface area contributed by atoms with Crippen molar-refractivity contribution in [2.45, 2.75) is 51.9 Å². The van der Waals surface area contributed by atoms with Gasteiger partial charge >= 0.3 is 12.3 Å². The second-order valence-corrected chi connectivity index (χ2v) is 13.3. The van der Waals surface area contributed by atoms with Crippen LogP contribution in [0, 0.1) is 11.7 Å². The monoisotopic (exact) mass is 703 g/mol. The van der Waals surface area contributed by atoms with Crippen LogP contribution in [0.25, 0.3) is 22.2 Å². The normalized spacial score (nSPS) is 14.1. The molecule has 0 bridgehead atoms. The molecule has 3 aromatic heterocycles. The van der Waals surface area contributed by atoms with Crippen molar-refractivity contribution in [2.75, 3.05) is 24.5 Å². The predicted octanol–water partition coefficient (Wildman–Crippen LogP) is 5.83. The largest absolute Gasteiger partial charge is 0.444 e. The number of benzene rings is 1. The molecule has 4 aromatic rings. The highest BCUT2D eigenvalue weighted by Crippen LogP contribution is 2.31. The number of hydrogen-bond donors (Lipinski definition) is 1. The van der Waals surface area contributed by atoms with Gasteiger partial charge in [0, 0.05) is 49.0 Å². The molecular formula is C33H33F4N5O6S. The number of pyridine rings is 2. The summed E-state index contributed by atoms with van der Waals surface area (Å²) in [6.45, 7) is 5.78. The molecule has 260 valence electrons. The Bertz CT molecular complexity index is 1970. The van der Waals surface area contributed by atoms with Gasteiger partial charge in [-0.05, 0) is 82.0 Å². The molecule has 0 spiro atoms. The number of anilines is 1. The molecule has 0 saturated carbocycles. The van der Waals surface area contributed by atoms with Crippen LogP contribution >= 0.6 is 0 Å². The van der Waals surface area contributed by atoms with Crippen molar-refractivity contribution in [1.29, 1.82) is 0 Å². The molecule has 0 aliphatic carbocycles. The third-order valence-electron chi connectivity index (χ3n) is 7.67. The maximum absolute atomic E-state index is 14.0. The number of fused-ring (bicyclic) bond motifs is 1. The smallest absolute Gasteiger partial charge is 0.417 e. The highest BCUT2D eigenvalue weighted by atomic mass is 32.2. The Balaban J connectivity index is 1.35. The fourth-order valence-electron chi connectivity index (χ4n) is 5.29. The molecule has 2 amide bonds. The lowest BCUT2D eigenvalue weighted by molar-refractivity contribution is -0.137. The molecule has 5 rings (SSSR count). The third kappa shape index (κ3) is 8.93. The number of rotatable bonds is 6. The zero-order valence-corrected chi connectivity index (χ0v) is 27.6. The SMILES string of the molecule is CC(C)(C)OC(=O)N1CCC(CN(C(C(=O)NCc2cc(-c3ccc(C(F)(F)F)cn3)ccn2)=S(=O)=O)c2cc3cc(F)ccc3o2)CC1. The van der Waals surface area contributed by atoms with Gasteiger partial charge in [0.1, 0.15) is 17.0 Å². The van der Waals surface area contributed by atoms with Gasteiger partial charge in [0.2, 0.25) is 21.2 Å². The fourth-order valence-corrected chi connectivity index (χ4v) is 5.86. The number of alkyl halides is 3. The van der Waals surface area contributed by atoms with Gasteiger partial charge in [-0.25, -0.2) is 9.18 Å². The zero-order chi connectivity index (χ0) is 35.5. The van der Waals surface area contributed by atoms with Crippen LogP contribution in [0.3, 0.4) is 0 Å². The topological polar surface area (TPSA) is 135 Å². The number of amides is 2. The molecule has 0 atom stereocenters. The number of furan rings is 1. The molecule has 1 N–H and O–H groups in total. The molecule has 4 heterocycles. The minimum absolute atomic E-state index is 0.00183. The van der Waals surface area contributed by atoms with Crippen molar-refractivity contribution in [3.05, 3.63) is 78.0 Å². The van der Waals surface area contributed by atoms with Crippen molar-refractivity contribution in [3.8, 4) is 11.3 Å². The summed E-state index contributed by atoms with van der Waals surface area (Å²) < 4.78 is 89.6. The molecule has 0 radical (unpaired) electrons. The van der Waals surface area contributed by atoms with Crippen molar-refractivity contribution >= 4 is 44.1 Å². The molecule has 1 aliphatic heterocycles. The van der Waals surface area contributed by atoms with Gasteiger partial charge in [0.25, 0.3) is 5.91 Å². The Morgan fingerprint density at radius 3 is 2.41 bits per heavy atom. The molecule has 0 unspecified atom stereocenters. The zero-order valence-electron chi connectivity index (χ0n) is 26.8. The molecule has 1 saturated heterocycles. The first kappa shape index (κ1) is 35.3. The van der Waals surface area contributed by atoms with E-state index in [-0.39, 0.29) is 41.9 Å². The van der Waals surface area contributed by atoms with Crippen LogP contribution in [0.1, 0.15) is 44.9 Å². The molecule has 11 nitrogen and oxygen atoms in total. The van der Waals surface area contributed by atoms with Gasteiger partial charge in [-0.2, -0.15) is 21.6 Å². The third-order valence-corrected chi connectivity index (χ3v) is 8.39. The highest BCUT2D eigenvalue weighted by Gasteiger charge is 2.33. The lowest BCUT2D eigenvalue weighted by Gasteiger charge is -2.35. The predicted molar refractivity (Wildman–Crippen MR) is 172 cm³/mol. The maximum Gasteiger partial charge on any atom is 0.417 e. The van der Waals surface area contributed by atoms with Crippen LogP contribution in [0.5, 0.6) is 0 Å². The molecular weight excluding hydrogens is 670 g/mol. The lowest BCUT2D eigenvalue weighted by Crippen LogP contribution is -2.48. The average Bonchev–Trinajstić information content (AvgIpc) is 3.46. The Labute approximate surface area is 280 Å². The van der Waals surface area contributed by atoms with E-state index in [4.69, 9.17) is 9.15 Å². The van der Waals surface area contributed by atoms with Crippen LogP contribution in [0.4, 0.5) is 28.2 Å². The van der Waals surface area contributed by atoms with Crippen molar-refractivity contribution in [2.24, 2.45) is 5.92 Å². The van der Waals surface area contributed by atoms with E-state index in [9.17, 15) is 35.6 Å². The Kier molecular flexibility index (Phi) is 10.3. The van der Waals surface area contributed by atoms with Crippen LogP contribution in [0.2, 0.25) is 0 Å². The molecule has 1 aromatic carbocycles. The summed E-state index contributed by atoms with van der Waals surface area (Å²) in [5, 5.41) is 2.90. The van der Waals surface area contributed by atoms with E-state index >= 15 is 0 Å². The number of nitrogens with one attached hydrogen (secondary N) is 1. The molecule has 1 aliphatic rings. The van der Waals surface area contributed by atoms with Crippen molar-refractivity contribution in [1.82, 2.24) is 20.2 Å². The number of hydrogen-bond acceptors (Lipinski definition) is 8. The second kappa shape index (κ2) is 14.2. The van der Waals surface area contributed by atoms with E-state index in [0.717, 1.165) is 6.07 Å². The standard InChI is InChI=1S/C33H33F4N5O6S/c1-32(2,3)48-31(44)41-12-9-20(10-13-41)19-42(28-16-22-14-24(34)5-7-27(22)47-28)30(49(45)46)29(43)40-18-25-15-21(8-11-38-25)26-6-4-23(17-39-26)33(35,36)37/h4-8,11,14-17,20H,9-10,12-13,18-19H2,1-3H3,(H,40,43). The van der Waals surface area contributed by atoms with E-state index in [1.807, 2.05) is 0 Å². The van der Waals surface area contributed by atoms with E-state index in [1.165, 1.54) is 53.6 Å². The van der Waals surface area contributed by atoms with Gasteiger partial charge in [-0.15, -0.1) is 0 Å². The van der Waals surface area contributed by atoms with Gasteiger partial charge in [0.15, 0.2) is 0 Å². The number of aromatic nitrogens is 2. The average molecular weight is 704 g/mol. The molecule has 49 heavy (non-hydrogen) atoms. The van der Waals surface area contributed by atoms with Gasteiger partial charge in [-0.1, -0.05) is 0 Å². The van der Waals surface area contributed by atoms with Gasteiger partial charge in [-0.3, -0.25) is 19.7 Å². The van der Waals surface area contributed by atoms with E-state index in [2.05, 4.69) is 15.3 Å². The number of nitrogens with zero attached hydrogens (tertiary/aromatic N) is 4. The van der Waals surface area contributed by atoms with E-state index in [1.54, 1.807) is 25.7 Å². The summed E-state index contributed by atoms with van der Waals surface area (Å²) in [4.78, 5) is 36.3. The molecule has 16 heteroatoms. The first-order chi connectivity index (χ1) is 23.1. The van der Waals surface area contributed by atoms with Crippen LogP contribution in [-0.2, 0) is 32.5 Å². The van der Waals surface area contributed by atoms with Crippen LogP contribution in [0.15, 0.2) is 65.3 Å². The summed E-state index contributed by atoms with van der Waals surface area (Å²) >= 11 is 0. The number of piperidine rings is 1. The number of halogens is 4. The summed E-state index contributed by atoms with van der Waals surface area (Å²) in [5.74, 6) is -1.69. The quantitative estimate of drug-likeness (QED) is 0.195. The minimum Gasteiger partial charge on any atom is -0.444 e. The lowest BCUT2D eigenvalue weighted by atomic mass is 9.96. The highest BCUT2D eigenvalue weighted by molar-refractivity contribution is 7.75. The Hall–Kier alpha value is -4.99. The Morgan fingerprint density at radius 2 is 1.78 bits per heavy atom. The summed E-state index contributed by atoms with van der Waals surface area (Å²) in [6, 6.07) is 10.4. The van der Waals surface area contributed by atoms with Crippen LogP contribution in [-0.4, -0.2) is 65.5 Å². The summed E-state index contributed by atoms with van der Waals surface area (Å²) in [5.41, 5.74) is -0.352. The summed E-state index contributed by atoms with van der Waals surface area (Å²) in [6.07, 6.45) is -1.96. The first-order valence-electron chi connectivity index (χ1n) is 15.2. The summed E-state index contributed by atoms with van der Waals surface area (Å²) in [7, 11) is -3.08. The molecule has 1 fully saturated rings. The number of carbonyl (C=O) groups excluding carboxylic acids is 2. The number of likely N-dealkylation sites (tertiary alicyclic amines) is 1. The van der Waals surface area contributed by atoms with Crippen molar-refractivity contribution < 1.29 is 44.7 Å². The van der Waals surface area contributed by atoms with Crippen molar-refractivity contribution in [3.63, 3.8) is 0 Å². The minimum atomic E-state index is -4.54. The maximum atomic E-state index is 14.0. The van der Waals surface area contributed by atoms with E-state index < -0.39 is 50.4 Å². The van der Waals surface area contributed by atoms with Gasteiger partial charge < -0.3 is 19.4 Å². The second-order valence-electron chi connectivity index (χ2n) is 12.5. The number of carbonyl (C=O) groups is 2. The first-order valence-corrected chi connectivity index (χ1v) is 16.3. The van der Waals surface area contributed by atoms with E-state index in [0.29, 0.717) is 43.1 Å². The number of ether oxygens (including phenoxy) is 1. The Morgan fingerprint density at radius 1 is 1.04 bits per heavy atom. The van der Waals surface area contributed by atoms with Gasteiger partial charge in [0.05, 0.1) is 23.5 Å².